The van der Waals surface area contributed by atoms with Crippen LogP contribution in [0.4, 0.5) is 0 Å². The van der Waals surface area contributed by atoms with Crippen LogP contribution in [0.2, 0.25) is 0 Å². The zero-order chi connectivity index (χ0) is 11.5. The molecule has 1 N–H and O–H groups in total. The summed E-state index contributed by atoms with van der Waals surface area (Å²) in [7, 11) is 0. The first-order valence-electron chi connectivity index (χ1n) is 4.43. The molecule has 6 nitrogen and oxygen atoms in total. The fourth-order valence-electron chi connectivity index (χ4n) is 1.36. The summed E-state index contributed by atoms with van der Waals surface area (Å²) in [6, 6.07) is 3.28. The van der Waals surface area contributed by atoms with Crippen LogP contribution in [-0.2, 0) is 6.54 Å². The van der Waals surface area contributed by atoms with Crippen LogP contribution in [0.25, 0.3) is 0 Å². The number of carboxylic acid groups (broad SMARTS) is 1. The van der Waals surface area contributed by atoms with Crippen LogP contribution in [0.1, 0.15) is 21.9 Å². The Balaban J connectivity index is 2.31. The standard InChI is InChI=1S/C10H7N3O3/c11-5-9-12-2-3-13(9)6-8-7(10(14)15)1-4-16-8/h1-4H,6H2,(H,14,15). The molecule has 0 amide bonds. The summed E-state index contributed by atoms with van der Waals surface area (Å²) < 4.78 is 6.58. The summed E-state index contributed by atoms with van der Waals surface area (Å²) in [5.74, 6) is -0.544. The largest absolute Gasteiger partial charge is 0.478 e. The molecule has 80 valence electrons. The minimum atomic E-state index is -1.05. The molecule has 16 heavy (non-hydrogen) atoms. The first-order chi connectivity index (χ1) is 7.72. The molecule has 0 aliphatic heterocycles. The van der Waals surface area contributed by atoms with Crippen LogP contribution in [-0.4, -0.2) is 20.6 Å². The van der Waals surface area contributed by atoms with E-state index in [1.54, 1.807) is 6.20 Å². The molecule has 2 heterocycles. The highest BCUT2D eigenvalue weighted by atomic mass is 16.4. The van der Waals surface area contributed by atoms with Gasteiger partial charge in [0.15, 0.2) is 0 Å². The Labute approximate surface area is 90.4 Å². The quantitative estimate of drug-likeness (QED) is 0.830. The Morgan fingerprint density at radius 2 is 2.50 bits per heavy atom. The summed E-state index contributed by atoms with van der Waals surface area (Å²) >= 11 is 0. The Hall–Kier alpha value is -2.55. The van der Waals surface area contributed by atoms with Crippen molar-refractivity contribution in [1.82, 2.24) is 9.55 Å². The number of carboxylic acids is 1. The number of aromatic nitrogens is 2. The fourth-order valence-corrected chi connectivity index (χ4v) is 1.36. The van der Waals surface area contributed by atoms with Crippen LogP contribution >= 0.6 is 0 Å². The van der Waals surface area contributed by atoms with Gasteiger partial charge in [-0.2, -0.15) is 5.26 Å². The number of carbonyl (C=O) groups is 1. The number of furan rings is 1. The smallest absolute Gasteiger partial charge is 0.339 e. The average Bonchev–Trinajstić information content (AvgIpc) is 2.86. The average molecular weight is 217 g/mol. The van der Waals surface area contributed by atoms with Gasteiger partial charge in [-0.25, -0.2) is 9.78 Å². The number of imidazole rings is 1. The lowest BCUT2D eigenvalue weighted by Crippen LogP contribution is -2.05. The maximum atomic E-state index is 10.8. The van der Waals surface area contributed by atoms with E-state index in [1.165, 1.54) is 23.1 Å². The molecule has 6 heteroatoms. The van der Waals surface area contributed by atoms with E-state index in [4.69, 9.17) is 14.8 Å². The van der Waals surface area contributed by atoms with E-state index in [2.05, 4.69) is 4.98 Å². The SMILES string of the molecule is N#Cc1nccn1Cc1occc1C(=O)O. The van der Waals surface area contributed by atoms with Gasteiger partial charge >= 0.3 is 5.97 Å². The first-order valence-corrected chi connectivity index (χ1v) is 4.43. The molecule has 0 aliphatic carbocycles. The van der Waals surface area contributed by atoms with Crippen molar-refractivity contribution in [3.63, 3.8) is 0 Å². The van der Waals surface area contributed by atoms with Gasteiger partial charge in [0.2, 0.25) is 5.82 Å². The number of nitrogens with zero attached hydrogens (tertiary/aromatic N) is 3. The molecular weight excluding hydrogens is 210 g/mol. The number of hydrogen-bond donors (Lipinski definition) is 1. The molecular formula is C10H7N3O3. The second kappa shape index (κ2) is 3.90. The second-order valence-electron chi connectivity index (χ2n) is 3.05. The number of aromatic carboxylic acids is 1. The molecule has 2 aromatic heterocycles. The van der Waals surface area contributed by atoms with Crippen molar-refractivity contribution in [2.24, 2.45) is 0 Å². The molecule has 0 radical (unpaired) electrons. The molecule has 0 unspecified atom stereocenters. The zero-order valence-electron chi connectivity index (χ0n) is 8.12. The molecule has 0 fully saturated rings. The van der Waals surface area contributed by atoms with Gasteiger partial charge in [0.25, 0.3) is 0 Å². The highest BCUT2D eigenvalue weighted by molar-refractivity contribution is 5.88. The molecule has 0 aromatic carbocycles. The number of nitriles is 1. The van der Waals surface area contributed by atoms with Gasteiger partial charge in [0.05, 0.1) is 12.8 Å². The van der Waals surface area contributed by atoms with Crippen molar-refractivity contribution in [3.05, 3.63) is 41.9 Å². The third kappa shape index (κ3) is 1.66. The summed E-state index contributed by atoms with van der Waals surface area (Å²) in [5.41, 5.74) is 0.0950. The van der Waals surface area contributed by atoms with E-state index < -0.39 is 5.97 Å². The Morgan fingerprint density at radius 3 is 3.19 bits per heavy atom. The molecule has 0 atom stereocenters. The van der Waals surface area contributed by atoms with Crippen LogP contribution in [0.3, 0.4) is 0 Å². The van der Waals surface area contributed by atoms with Gasteiger partial charge in [-0.05, 0) is 6.07 Å². The maximum absolute atomic E-state index is 10.8. The van der Waals surface area contributed by atoms with Crippen molar-refractivity contribution in [2.75, 3.05) is 0 Å². The van der Waals surface area contributed by atoms with E-state index in [0.717, 1.165) is 0 Å². The topological polar surface area (TPSA) is 92.0 Å². The van der Waals surface area contributed by atoms with E-state index >= 15 is 0 Å². The van der Waals surface area contributed by atoms with Gasteiger partial charge in [-0.3, -0.25) is 0 Å². The zero-order valence-corrected chi connectivity index (χ0v) is 8.12. The molecule has 2 aromatic rings. The summed E-state index contributed by atoms with van der Waals surface area (Å²) in [6.45, 7) is 0.178. The molecule has 0 spiro atoms. The van der Waals surface area contributed by atoms with E-state index in [-0.39, 0.29) is 17.9 Å². The maximum Gasteiger partial charge on any atom is 0.339 e. The van der Waals surface area contributed by atoms with Crippen molar-refractivity contribution < 1.29 is 14.3 Å². The normalized spacial score (nSPS) is 9.94. The minimum Gasteiger partial charge on any atom is -0.478 e. The van der Waals surface area contributed by atoms with E-state index in [0.29, 0.717) is 5.76 Å². The van der Waals surface area contributed by atoms with Crippen LogP contribution in [0.15, 0.2) is 29.1 Å². The van der Waals surface area contributed by atoms with Gasteiger partial charge in [-0.1, -0.05) is 0 Å². The molecule has 2 rings (SSSR count). The van der Waals surface area contributed by atoms with Crippen molar-refractivity contribution in [3.8, 4) is 6.07 Å². The van der Waals surface area contributed by atoms with Gasteiger partial charge in [-0.15, -0.1) is 0 Å². The van der Waals surface area contributed by atoms with Crippen LogP contribution in [0.5, 0.6) is 0 Å². The van der Waals surface area contributed by atoms with Gasteiger partial charge in [0.1, 0.15) is 17.4 Å². The Kier molecular flexibility index (Phi) is 2.44. The minimum absolute atomic E-state index is 0.0950. The summed E-state index contributed by atoms with van der Waals surface area (Å²) in [6.07, 6.45) is 4.37. The third-order valence-corrected chi connectivity index (χ3v) is 2.11. The van der Waals surface area contributed by atoms with E-state index in [1.807, 2.05) is 6.07 Å². The fraction of sp³-hybridized carbons (Fsp3) is 0.100. The van der Waals surface area contributed by atoms with Crippen LogP contribution in [0, 0.1) is 11.3 Å². The predicted molar refractivity (Wildman–Crippen MR) is 51.7 cm³/mol. The lowest BCUT2D eigenvalue weighted by molar-refractivity contribution is 0.0694. The molecule has 0 bridgehead atoms. The summed E-state index contributed by atoms with van der Waals surface area (Å²) in [5, 5.41) is 17.6. The third-order valence-electron chi connectivity index (χ3n) is 2.11. The monoisotopic (exact) mass is 217 g/mol. The predicted octanol–water partition coefficient (Wildman–Crippen LogP) is 1.09. The summed E-state index contributed by atoms with van der Waals surface area (Å²) in [4.78, 5) is 14.6. The Bertz CT molecular complexity index is 562. The second-order valence-corrected chi connectivity index (χ2v) is 3.05. The van der Waals surface area contributed by atoms with Crippen molar-refractivity contribution >= 4 is 5.97 Å². The lowest BCUT2D eigenvalue weighted by Gasteiger charge is -2.01. The number of hydrogen-bond acceptors (Lipinski definition) is 4. The first kappa shape index (κ1) is 9.98. The highest BCUT2D eigenvalue weighted by Crippen LogP contribution is 2.13. The Morgan fingerprint density at radius 1 is 1.69 bits per heavy atom. The van der Waals surface area contributed by atoms with Gasteiger partial charge < -0.3 is 14.1 Å². The number of rotatable bonds is 3. The molecule has 0 aliphatic rings. The highest BCUT2D eigenvalue weighted by Gasteiger charge is 2.14. The van der Waals surface area contributed by atoms with Crippen molar-refractivity contribution in [1.29, 1.82) is 5.26 Å². The van der Waals surface area contributed by atoms with E-state index in [9.17, 15) is 4.79 Å². The van der Waals surface area contributed by atoms with Crippen LogP contribution < -0.4 is 0 Å². The molecule has 0 saturated heterocycles. The lowest BCUT2D eigenvalue weighted by atomic mass is 10.2. The molecule has 0 saturated carbocycles. The van der Waals surface area contributed by atoms with Crippen molar-refractivity contribution in [2.45, 2.75) is 6.54 Å². The van der Waals surface area contributed by atoms with Gasteiger partial charge in [0, 0.05) is 12.4 Å².